The lowest BCUT2D eigenvalue weighted by Crippen LogP contribution is -2.35. The van der Waals surface area contributed by atoms with Gasteiger partial charge in [-0.05, 0) is 61.7 Å². The Bertz CT molecular complexity index is 806. The average molecular weight is 373 g/mol. The molecular weight excluding hydrogens is 352 g/mol. The Labute approximate surface area is 158 Å². The number of halogens is 1. The minimum Gasteiger partial charge on any atom is -0.325 e. The summed E-state index contributed by atoms with van der Waals surface area (Å²) >= 11 is 0. The van der Waals surface area contributed by atoms with E-state index < -0.39 is 0 Å². The molecule has 0 saturated carbocycles. The number of carbonyl (C=O) groups excluding carboxylic acids is 2. The van der Waals surface area contributed by atoms with Gasteiger partial charge in [0.25, 0.3) is 5.91 Å². The van der Waals surface area contributed by atoms with Crippen LogP contribution in [-0.4, -0.2) is 35.9 Å². The zero-order valence-electron chi connectivity index (χ0n) is 14.3. The first-order chi connectivity index (χ1) is 12.2. The van der Waals surface area contributed by atoms with Crippen molar-refractivity contribution in [2.45, 2.75) is 25.3 Å². The molecule has 0 spiro atoms. The van der Waals surface area contributed by atoms with Crippen LogP contribution in [0.1, 0.15) is 28.8 Å². The number of rotatable bonds is 3. The maximum Gasteiger partial charge on any atom is 0.259 e. The Balaban J connectivity index is 0.00000196. The number of pyridine rings is 1. The van der Waals surface area contributed by atoms with Crippen LogP contribution in [0.5, 0.6) is 0 Å². The fourth-order valence-electron chi connectivity index (χ4n) is 3.47. The van der Waals surface area contributed by atoms with E-state index in [1.807, 2.05) is 18.2 Å². The normalized spacial score (nSPS) is 18.2. The first-order valence-electron chi connectivity index (χ1n) is 8.61. The number of benzene rings is 1. The SMILES string of the molecule is Cl.O=C(Nc1ccc2c(c1)CCN2C(=O)c1cccnc1)C1CCCN1. The lowest BCUT2D eigenvalue weighted by Gasteiger charge is -2.18. The highest BCUT2D eigenvalue weighted by Crippen LogP contribution is 2.31. The number of nitrogens with zero attached hydrogens (tertiary/aromatic N) is 2. The molecule has 0 bridgehead atoms. The smallest absolute Gasteiger partial charge is 0.259 e. The van der Waals surface area contributed by atoms with Gasteiger partial charge in [0, 0.05) is 30.3 Å². The topological polar surface area (TPSA) is 74.3 Å². The molecule has 1 aromatic carbocycles. The van der Waals surface area contributed by atoms with E-state index in [2.05, 4.69) is 15.6 Å². The molecular formula is C19H21ClN4O2. The number of fused-ring (bicyclic) bond motifs is 1. The molecule has 6 nitrogen and oxygen atoms in total. The zero-order valence-corrected chi connectivity index (χ0v) is 15.1. The van der Waals surface area contributed by atoms with Crippen LogP contribution in [-0.2, 0) is 11.2 Å². The van der Waals surface area contributed by atoms with E-state index in [0.717, 1.165) is 42.7 Å². The zero-order chi connectivity index (χ0) is 17.2. The van der Waals surface area contributed by atoms with Gasteiger partial charge in [-0.15, -0.1) is 12.4 Å². The van der Waals surface area contributed by atoms with E-state index >= 15 is 0 Å². The Hall–Kier alpha value is -2.44. The molecule has 2 aliphatic rings. The highest BCUT2D eigenvalue weighted by atomic mass is 35.5. The Morgan fingerprint density at radius 2 is 2.15 bits per heavy atom. The molecule has 2 aliphatic heterocycles. The minimum absolute atomic E-state index is 0. The van der Waals surface area contributed by atoms with E-state index in [0.29, 0.717) is 12.1 Å². The number of aromatic nitrogens is 1. The first-order valence-corrected chi connectivity index (χ1v) is 8.61. The van der Waals surface area contributed by atoms with Gasteiger partial charge in [-0.3, -0.25) is 14.6 Å². The molecule has 1 fully saturated rings. The van der Waals surface area contributed by atoms with Gasteiger partial charge in [0.1, 0.15) is 0 Å². The monoisotopic (exact) mass is 372 g/mol. The molecule has 1 saturated heterocycles. The molecule has 0 aliphatic carbocycles. The van der Waals surface area contributed by atoms with Gasteiger partial charge in [0.05, 0.1) is 11.6 Å². The summed E-state index contributed by atoms with van der Waals surface area (Å²) in [7, 11) is 0. The molecule has 2 amide bonds. The van der Waals surface area contributed by atoms with Crippen molar-refractivity contribution in [2.24, 2.45) is 0 Å². The summed E-state index contributed by atoms with van der Waals surface area (Å²) in [5, 5.41) is 6.17. The molecule has 1 aromatic heterocycles. The second-order valence-corrected chi connectivity index (χ2v) is 6.43. The van der Waals surface area contributed by atoms with Gasteiger partial charge in [0.15, 0.2) is 0 Å². The van der Waals surface area contributed by atoms with Crippen LogP contribution < -0.4 is 15.5 Å². The Kier molecular flexibility index (Phi) is 5.54. The van der Waals surface area contributed by atoms with Crippen LogP contribution in [0, 0.1) is 0 Å². The van der Waals surface area contributed by atoms with Crippen molar-refractivity contribution in [1.29, 1.82) is 0 Å². The fraction of sp³-hybridized carbons (Fsp3) is 0.316. The number of hydrogen-bond acceptors (Lipinski definition) is 4. The average Bonchev–Trinajstić information content (AvgIpc) is 3.31. The van der Waals surface area contributed by atoms with Crippen molar-refractivity contribution < 1.29 is 9.59 Å². The summed E-state index contributed by atoms with van der Waals surface area (Å²) in [5.74, 6) is -0.0301. The standard InChI is InChI=1S/C19H20N4O2.ClH/c24-18(16-4-2-9-21-16)22-15-5-6-17-13(11-15)7-10-23(17)19(25)14-3-1-8-20-12-14;/h1,3,5-6,8,11-12,16,21H,2,4,7,9-10H2,(H,22,24);1H. The molecule has 0 radical (unpaired) electrons. The molecule has 26 heavy (non-hydrogen) atoms. The van der Waals surface area contributed by atoms with Crippen LogP contribution in [0.2, 0.25) is 0 Å². The fourth-order valence-corrected chi connectivity index (χ4v) is 3.47. The van der Waals surface area contributed by atoms with E-state index in [1.54, 1.807) is 29.4 Å². The van der Waals surface area contributed by atoms with Crippen LogP contribution in [0.3, 0.4) is 0 Å². The van der Waals surface area contributed by atoms with Crippen LogP contribution in [0.25, 0.3) is 0 Å². The van der Waals surface area contributed by atoms with Crippen molar-refractivity contribution in [3.63, 3.8) is 0 Å². The van der Waals surface area contributed by atoms with Crippen LogP contribution >= 0.6 is 12.4 Å². The molecule has 2 aromatic rings. The number of nitrogens with one attached hydrogen (secondary N) is 2. The predicted octanol–water partition coefficient (Wildman–Crippen LogP) is 2.40. The molecule has 1 atom stereocenters. The Morgan fingerprint density at radius 1 is 1.27 bits per heavy atom. The summed E-state index contributed by atoms with van der Waals surface area (Å²) < 4.78 is 0. The minimum atomic E-state index is -0.100. The van der Waals surface area contributed by atoms with Crippen molar-refractivity contribution >= 4 is 35.6 Å². The third kappa shape index (κ3) is 3.57. The summed E-state index contributed by atoms with van der Waals surface area (Å²) in [4.78, 5) is 30.7. The Morgan fingerprint density at radius 3 is 2.88 bits per heavy atom. The number of amides is 2. The molecule has 136 valence electrons. The highest BCUT2D eigenvalue weighted by molar-refractivity contribution is 6.07. The molecule has 2 N–H and O–H groups in total. The molecule has 7 heteroatoms. The van der Waals surface area contributed by atoms with E-state index in [4.69, 9.17) is 0 Å². The van der Waals surface area contributed by atoms with Gasteiger partial charge in [-0.2, -0.15) is 0 Å². The van der Waals surface area contributed by atoms with Gasteiger partial charge in [-0.1, -0.05) is 0 Å². The van der Waals surface area contributed by atoms with Crippen molar-refractivity contribution in [3.05, 3.63) is 53.9 Å². The maximum absolute atomic E-state index is 12.7. The third-order valence-electron chi connectivity index (χ3n) is 4.77. The van der Waals surface area contributed by atoms with Crippen LogP contribution in [0.15, 0.2) is 42.7 Å². The van der Waals surface area contributed by atoms with E-state index in [9.17, 15) is 9.59 Å². The largest absolute Gasteiger partial charge is 0.325 e. The number of hydrogen-bond donors (Lipinski definition) is 2. The van der Waals surface area contributed by atoms with Crippen molar-refractivity contribution in [3.8, 4) is 0 Å². The molecule has 4 rings (SSSR count). The van der Waals surface area contributed by atoms with E-state index in [1.165, 1.54) is 0 Å². The van der Waals surface area contributed by atoms with Crippen molar-refractivity contribution in [1.82, 2.24) is 10.3 Å². The second kappa shape index (κ2) is 7.85. The lowest BCUT2D eigenvalue weighted by molar-refractivity contribution is -0.117. The highest BCUT2D eigenvalue weighted by Gasteiger charge is 2.27. The van der Waals surface area contributed by atoms with Gasteiger partial charge in [-0.25, -0.2) is 0 Å². The first kappa shape index (κ1) is 18.4. The quantitative estimate of drug-likeness (QED) is 0.867. The van der Waals surface area contributed by atoms with Gasteiger partial charge in [0.2, 0.25) is 5.91 Å². The lowest BCUT2D eigenvalue weighted by atomic mass is 10.1. The maximum atomic E-state index is 12.7. The molecule has 1 unspecified atom stereocenters. The summed E-state index contributed by atoms with van der Waals surface area (Å²) in [6.07, 6.45) is 5.94. The van der Waals surface area contributed by atoms with Gasteiger partial charge < -0.3 is 15.5 Å². The van der Waals surface area contributed by atoms with Crippen molar-refractivity contribution in [2.75, 3.05) is 23.3 Å². The number of carbonyl (C=O) groups is 2. The van der Waals surface area contributed by atoms with E-state index in [-0.39, 0.29) is 30.3 Å². The van der Waals surface area contributed by atoms with Crippen LogP contribution in [0.4, 0.5) is 11.4 Å². The summed E-state index contributed by atoms with van der Waals surface area (Å²) in [6, 6.07) is 9.18. The molecule has 3 heterocycles. The third-order valence-corrected chi connectivity index (χ3v) is 4.77. The second-order valence-electron chi connectivity index (χ2n) is 6.43. The van der Waals surface area contributed by atoms with Gasteiger partial charge >= 0.3 is 0 Å². The summed E-state index contributed by atoms with van der Waals surface area (Å²) in [6.45, 7) is 1.54. The summed E-state index contributed by atoms with van der Waals surface area (Å²) in [5.41, 5.74) is 3.36. The predicted molar refractivity (Wildman–Crippen MR) is 103 cm³/mol. The number of anilines is 2.